The molecule has 1 aromatic heterocycles. The first-order valence-corrected chi connectivity index (χ1v) is 6.25. The Morgan fingerprint density at radius 3 is 2.50 bits per heavy atom. The first kappa shape index (κ1) is 12.8. The second-order valence-corrected chi connectivity index (χ2v) is 4.41. The quantitative estimate of drug-likeness (QED) is 0.869. The monoisotopic (exact) mass is 247 g/mol. The number of nitrogens with one attached hydrogen (secondary N) is 1. The van der Waals surface area contributed by atoms with Gasteiger partial charge in [-0.1, -0.05) is 19.1 Å². The molecule has 18 heavy (non-hydrogen) atoms. The van der Waals surface area contributed by atoms with Crippen molar-refractivity contribution in [1.82, 2.24) is 5.32 Å². The minimum atomic E-state index is -0.218. The maximum Gasteiger partial charge on any atom is 0.128 e. The Kier molecular flexibility index (Phi) is 4.15. The SMILES string of the molecule is CCCNC(c1ccc(F)cc1)c1occc1C. The zero-order valence-corrected chi connectivity index (χ0v) is 10.7. The Morgan fingerprint density at radius 1 is 1.22 bits per heavy atom. The Balaban J connectivity index is 2.30. The van der Waals surface area contributed by atoms with Gasteiger partial charge in [0, 0.05) is 0 Å². The van der Waals surface area contributed by atoms with E-state index < -0.39 is 0 Å². The lowest BCUT2D eigenvalue weighted by Crippen LogP contribution is -2.23. The number of hydrogen-bond donors (Lipinski definition) is 1. The van der Waals surface area contributed by atoms with Crippen molar-refractivity contribution in [2.45, 2.75) is 26.3 Å². The average Bonchev–Trinajstić information content (AvgIpc) is 2.78. The molecule has 1 heterocycles. The summed E-state index contributed by atoms with van der Waals surface area (Å²) in [6.07, 6.45) is 2.73. The summed E-state index contributed by atoms with van der Waals surface area (Å²) < 4.78 is 18.5. The van der Waals surface area contributed by atoms with Crippen LogP contribution in [0.2, 0.25) is 0 Å². The molecule has 2 nitrogen and oxygen atoms in total. The summed E-state index contributed by atoms with van der Waals surface area (Å²) >= 11 is 0. The third-order valence-electron chi connectivity index (χ3n) is 2.97. The Bertz CT molecular complexity index is 489. The lowest BCUT2D eigenvalue weighted by atomic mass is 10.0. The van der Waals surface area contributed by atoms with E-state index in [2.05, 4.69) is 12.2 Å². The molecule has 0 fully saturated rings. The molecule has 1 N–H and O–H groups in total. The summed E-state index contributed by atoms with van der Waals surface area (Å²) in [5.74, 6) is 0.680. The molecule has 0 aliphatic carbocycles. The van der Waals surface area contributed by atoms with Crippen molar-refractivity contribution in [2.75, 3.05) is 6.54 Å². The summed E-state index contributed by atoms with van der Waals surface area (Å²) in [5, 5.41) is 3.43. The number of rotatable bonds is 5. The predicted molar refractivity (Wildman–Crippen MR) is 70.0 cm³/mol. The van der Waals surface area contributed by atoms with Crippen LogP contribution in [0.15, 0.2) is 41.0 Å². The van der Waals surface area contributed by atoms with Gasteiger partial charge in [0.15, 0.2) is 0 Å². The molecule has 0 aliphatic heterocycles. The maximum atomic E-state index is 13.0. The number of benzene rings is 1. The molecule has 2 rings (SSSR count). The van der Waals surface area contributed by atoms with E-state index in [4.69, 9.17) is 4.42 Å². The molecule has 0 aliphatic rings. The highest BCUT2D eigenvalue weighted by atomic mass is 19.1. The van der Waals surface area contributed by atoms with Gasteiger partial charge in [-0.05, 0) is 49.2 Å². The standard InChI is InChI=1S/C15H18FNO/c1-3-9-17-14(15-11(2)8-10-18-15)12-4-6-13(16)7-5-12/h4-8,10,14,17H,3,9H2,1-2H3. The number of hydrogen-bond acceptors (Lipinski definition) is 2. The molecule has 96 valence electrons. The van der Waals surface area contributed by atoms with Crippen molar-refractivity contribution in [3.05, 3.63) is 59.3 Å². The fourth-order valence-corrected chi connectivity index (χ4v) is 1.99. The van der Waals surface area contributed by atoms with E-state index in [-0.39, 0.29) is 11.9 Å². The first-order valence-electron chi connectivity index (χ1n) is 6.25. The molecule has 3 heteroatoms. The smallest absolute Gasteiger partial charge is 0.128 e. The number of aryl methyl sites for hydroxylation is 1. The van der Waals surface area contributed by atoms with Gasteiger partial charge in [-0.3, -0.25) is 0 Å². The molecule has 1 aromatic carbocycles. The zero-order valence-electron chi connectivity index (χ0n) is 10.7. The Labute approximate surface area is 107 Å². The minimum Gasteiger partial charge on any atom is -0.467 e. The van der Waals surface area contributed by atoms with Crippen LogP contribution in [0.5, 0.6) is 0 Å². The van der Waals surface area contributed by atoms with Gasteiger partial charge in [-0.15, -0.1) is 0 Å². The highest BCUT2D eigenvalue weighted by Gasteiger charge is 2.18. The van der Waals surface area contributed by atoms with Crippen LogP contribution in [0, 0.1) is 12.7 Å². The van der Waals surface area contributed by atoms with Gasteiger partial charge in [0.1, 0.15) is 11.6 Å². The average molecular weight is 247 g/mol. The summed E-state index contributed by atoms with van der Waals surface area (Å²) in [4.78, 5) is 0. The van der Waals surface area contributed by atoms with E-state index in [9.17, 15) is 4.39 Å². The van der Waals surface area contributed by atoms with Gasteiger partial charge in [0.25, 0.3) is 0 Å². The van der Waals surface area contributed by atoms with Gasteiger partial charge in [0.2, 0.25) is 0 Å². The lowest BCUT2D eigenvalue weighted by molar-refractivity contribution is 0.443. The van der Waals surface area contributed by atoms with Crippen LogP contribution in [0.3, 0.4) is 0 Å². The lowest BCUT2D eigenvalue weighted by Gasteiger charge is -2.17. The van der Waals surface area contributed by atoms with E-state index in [1.54, 1.807) is 18.4 Å². The highest BCUT2D eigenvalue weighted by Crippen LogP contribution is 2.25. The van der Waals surface area contributed by atoms with Crippen molar-refractivity contribution in [3.63, 3.8) is 0 Å². The largest absolute Gasteiger partial charge is 0.467 e. The minimum absolute atomic E-state index is 0.0134. The summed E-state index contributed by atoms with van der Waals surface area (Å²) in [7, 11) is 0. The van der Waals surface area contributed by atoms with Crippen LogP contribution in [0.4, 0.5) is 4.39 Å². The van der Waals surface area contributed by atoms with E-state index in [1.165, 1.54) is 12.1 Å². The van der Waals surface area contributed by atoms with E-state index in [1.807, 2.05) is 13.0 Å². The van der Waals surface area contributed by atoms with Gasteiger partial charge in [0.05, 0.1) is 12.3 Å². The molecule has 0 amide bonds. The van der Waals surface area contributed by atoms with Crippen LogP contribution in [0.1, 0.15) is 36.3 Å². The van der Waals surface area contributed by atoms with Crippen molar-refractivity contribution in [2.24, 2.45) is 0 Å². The van der Waals surface area contributed by atoms with Crippen LogP contribution in [0.25, 0.3) is 0 Å². The zero-order chi connectivity index (χ0) is 13.0. The van der Waals surface area contributed by atoms with E-state index in [0.717, 1.165) is 29.9 Å². The topological polar surface area (TPSA) is 25.2 Å². The van der Waals surface area contributed by atoms with Crippen LogP contribution >= 0.6 is 0 Å². The molecule has 0 bridgehead atoms. The molecule has 1 unspecified atom stereocenters. The van der Waals surface area contributed by atoms with Gasteiger partial charge in [-0.25, -0.2) is 4.39 Å². The van der Waals surface area contributed by atoms with Gasteiger partial charge < -0.3 is 9.73 Å². The Hall–Kier alpha value is -1.61. The third-order valence-corrected chi connectivity index (χ3v) is 2.97. The van der Waals surface area contributed by atoms with Crippen molar-refractivity contribution in [1.29, 1.82) is 0 Å². The Morgan fingerprint density at radius 2 is 1.94 bits per heavy atom. The number of furan rings is 1. The maximum absolute atomic E-state index is 13.0. The van der Waals surface area contributed by atoms with E-state index in [0.29, 0.717) is 0 Å². The third kappa shape index (κ3) is 2.79. The first-order chi connectivity index (χ1) is 8.72. The van der Waals surface area contributed by atoms with Gasteiger partial charge >= 0.3 is 0 Å². The fourth-order valence-electron chi connectivity index (χ4n) is 1.99. The van der Waals surface area contributed by atoms with Crippen molar-refractivity contribution < 1.29 is 8.81 Å². The molecule has 0 saturated carbocycles. The van der Waals surface area contributed by atoms with Gasteiger partial charge in [-0.2, -0.15) is 0 Å². The van der Waals surface area contributed by atoms with E-state index >= 15 is 0 Å². The summed E-state index contributed by atoms with van der Waals surface area (Å²) in [6, 6.07) is 8.48. The normalized spacial score (nSPS) is 12.6. The van der Waals surface area contributed by atoms with Crippen LogP contribution in [-0.2, 0) is 0 Å². The summed E-state index contributed by atoms with van der Waals surface area (Å²) in [6.45, 7) is 5.02. The van der Waals surface area contributed by atoms with Crippen LogP contribution in [-0.4, -0.2) is 6.54 Å². The summed E-state index contributed by atoms with van der Waals surface area (Å²) in [5.41, 5.74) is 2.12. The second kappa shape index (κ2) is 5.83. The molecule has 0 spiro atoms. The van der Waals surface area contributed by atoms with Crippen molar-refractivity contribution in [3.8, 4) is 0 Å². The van der Waals surface area contributed by atoms with Crippen LogP contribution < -0.4 is 5.32 Å². The molecule has 2 aromatic rings. The molecule has 1 atom stereocenters. The fraction of sp³-hybridized carbons (Fsp3) is 0.333. The predicted octanol–water partition coefficient (Wildman–Crippen LogP) is 3.82. The molecule has 0 radical (unpaired) electrons. The molecule has 0 saturated heterocycles. The highest BCUT2D eigenvalue weighted by molar-refractivity contribution is 5.30. The van der Waals surface area contributed by atoms with Crippen molar-refractivity contribution >= 4 is 0 Å². The molecular weight excluding hydrogens is 229 g/mol. The second-order valence-electron chi connectivity index (χ2n) is 4.41. The number of halogens is 1. The molecular formula is C15H18FNO.